The van der Waals surface area contributed by atoms with Crippen molar-refractivity contribution in [1.82, 2.24) is 5.43 Å². The van der Waals surface area contributed by atoms with Gasteiger partial charge in [0.25, 0.3) is 5.91 Å². The molecule has 0 atom stereocenters. The maximum atomic E-state index is 11.9. The second-order valence-corrected chi connectivity index (χ2v) is 5.05. The average Bonchev–Trinajstić information content (AvgIpc) is 2.50. The van der Waals surface area contributed by atoms with Crippen molar-refractivity contribution in [3.63, 3.8) is 0 Å². The molecule has 0 spiro atoms. The van der Waals surface area contributed by atoms with Crippen LogP contribution in [-0.2, 0) is 0 Å². The van der Waals surface area contributed by atoms with Gasteiger partial charge in [-0.1, -0.05) is 35.3 Å². The molecular weight excluding hydrogens is 327 g/mol. The third kappa shape index (κ3) is 3.69. The van der Waals surface area contributed by atoms with E-state index in [4.69, 9.17) is 27.9 Å². The van der Waals surface area contributed by atoms with Gasteiger partial charge in [-0.05, 0) is 29.8 Å². The van der Waals surface area contributed by atoms with Gasteiger partial charge in [0.1, 0.15) is 0 Å². The molecule has 0 aliphatic heterocycles. The van der Waals surface area contributed by atoms with Gasteiger partial charge in [0.2, 0.25) is 0 Å². The van der Waals surface area contributed by atoms with Gasteiger partial charge in [-0.2, -0.15) is 5.10 Å². The number of nitrogens with zero attached hydrogens (tertiary/aromatic N) is 1. The van der Waals surface area contributed by atoms with Crippen LogP contribution in [0.3, 0.4) is 0 Å². The van der Waals surface area contributed by atoms with Crippen LogP contribution in [0.1, 0.15) is 15.9 Å². The molecule has 2 N–H and O–H groups in total. The van der Waals surface area contributed by atoms with E-state index in [-0.39, 0.29) is 16.5 Å². The van der Waals surface area contributed by atoms with E-state index in [1.165, 1.54) is 25.5 Å². The molecule has 114 valence electrons. The lowest BCUT2D eigenvalue weighted by Gasteiger charge is -2.06. The number of halogens is 2. The van der Waals surface area contributed by atoms with Crippen molar-refractivity contribution in [3.8, 4) is 11.5 Å². The van der Waals surface area contributed by atoms with Crippen LogP contribution in [0.4, 0.5) is 0 Å². The van der Waals surface area contributed by atoms with Crippen LogP contribution < -0.4 is 10.2 Å². The number of hydrogen-bond acceptors (Lipinski definition) is 4. The van der Waals surface area contributed by atoms with E-state index in [0.29, 0.717) is 16.1 Å². The number of hydrazone groups is 1. The van der Waals surface area contributed by atoms with Gasteiger partial charge in [-0.25, -0.2) is 5.43 Å². The lowest BCUT2D eigenvalue weighted by molar-refractivity contribution is 0.0955. The van der Waals surface area contributed by atoms with E-state index < -0.39 is 5.91 Å². The average molecular weight is 339 g/mol. The minimum absolute atomic E-state index is 0.123. The third-order valence-corrected chi connectivity index (χ3v) is 3.39. The highest BCUT2D eigenvalue weighted by Gasteiger charge is 2.09. The highest BCUT2D eigenvalue weighted by Crippen LogP contribution is 2.34. The summed E-state index contributed by atoms with van der Waals surface area (Å²) in [5, 5.41) is 13.9. The van der Waals surface area contributed by atoms with Gasteiger partial charge >= 0.3 is 0 Å². The van der Waals surface area contributed by atoms with Crippen LogP contribution in [0.25, 0.3) is 0 Å². The second-order valence-electron chi connectivity index (χ2n) is 4.23. The molecule has 0 heterocycles. The zero-order chi connectivity index (χ0) is 16.1. The van der Waals surface area contributed by atoms with Crippen LogP contribution in [0.5, 0.6) is 11.5 Å². The fourth-order valence-electron chi connectivity index (χ4n) is 1.69. The molecule has 2 aromatic carbocycles. The summed E-state index contributed by atoms with van der Waals surface area (Å²) in [4.78, 5) is 11.9. The Balaban J connectivity index is 2.12. The lowest BCUT2D eigenvalue weighted by Crippen LogP contribution is -2.17. The number of ether oxygens (including phenoxy) is 1. The molecule has 0 aromatic heterocycles. The van der Waals surface area contributed by atoms with Gasteiger partial charge in [-0.15, -0.1) is 0 Å². The van der Waals surface area contributed by atoms with Crippen molar-refractivity contribution < 1.29 is 14.6 Å². The molecule has 1 amide bonds. The number of nitrogens with one attached hydrogen (secondary N) is 1. The Kier molecular flexibility index (Phi) is 5.25. The SMILES string of the molecule is COc1cc(/C=N/NC(=O)c2ccccc2Cl)cc(Cl)c1O. The van der Waals surface area contributed by atoms with Crippen LogP contribution in [0.15, 0.2) is 41.5 Å². The molecule has 0 aliphatic rings. The molecule has 0 saturated carbocycles. The van der Waals surface area contributed by atoms with Gasteiger partial charge in [-0.3, -0.25) is 4.79 Å². The standard InChI is InChI=1S/C15H12Cl2N2O3/c1-22-13-7-9(6-12(17)14(13)20)8-18-19-15(21)10-4-2-3-5-11(10)16/h2-8,20H,1H3,(H,19,21)/b18-8+. The van der Waals surface area contributed by atoms with E-state index in [1.54, 1.807) is 24.3 Å². The zero-order valence-electron chi connectivity index (χ0n) is 11.5. The van der Waals surface area contributed by atoms with Gasteiger partial charge in [0.05, 0.1) is 28.9 Å². The Bertz CT molecular complexity index is 733. The van der Waals surface area contributed by atoms with Crippen molar-refractivity contribution in [3.05, 3.63) is 57.6 Å². The molecule has 0 fully saturated rings. The molecule has 0 bridgehead atoms. The fraction of sp³-hybridized carbons (Fsp3) is 0.0667. The van der Waals surface area contributed by atoms with E-state index in [2.05, 4.69) is 10.5 Å². The summed E-state index contributed by atoms with van der Waals surface area (Å²) in [6, 6.07) is 9.66. The van der Waals surface area contributed by atoms with Crippen molar-refractivity contribution >= 4 is 35.3 Å². The molecule has 2 aromatic rings. The normalized spacial score (nSPS) is 10.7. The monoisotopic (exact) mass is 338 g/mol. The summed E-state index contributed by atoms with van der Waals surface area (Å²) >= 11 is 11.8. The summed E-state index contributed by atoms with van der Waals surface area (Å²) in [5.41, 5.74) is 3.24. The molecule has 2 rings (SSSR count). The molecule has 7 heteroatoms. The summed E-state index contributed by atoms with van der Waals surface area (Å²) in [5.74, 6) is -0.369. The summed E-state index contributed by atoms with van der Waals surface area (Å²) < 4.78 is 4.98. The first-order valence-corrected chi connectivity index (χ1v) is 6.93. The highest BCUT2D eigenvalue weighted by molar-refractivity contribution is 6.33. The first-order chi connectivity index (χ1) is 10.5. The predicted molar refractivity (Wildman–Crippen MR) is 86.2 cm³/mol. The maximum Gasteiger partial charge on any atom is 0.272 e. The van der Waals surface area contributed by atoms with Crippen molar-refractivity contribution in [2.24, 2.45) is 5.10 Å². The van der Waals surface area contributed by atoms with E-state index in [1.807, 2.05) is 0 Å². The van der Waals surface area contributed by atoms with E-state index in [0.717, 1.165) is 0 Å². The van der Waals surface area contributed by atoms with Gasteiger partial charge in [0, 0.05) is 0 Å². The minimum Gasteiger partial charge on any atom is -0.503 e. The topological polar surface area (TPSA) is 70.9 Å². The fourth-order valence-corrected chi connectivity index (χ4v) is 2.14. The second kappa shape index (κ2) is 7.15. The quantitative estimate of drug-likeness (QED) is 0.662. The number of phenols is 1. The Morgan fingerprint density at radius 3 is 2.68 bits per heavy atom. The summed E-state index contributed by atoms with van der Waals surface area (Å²) in [7, 11) is 1.41. The number of phenolic OH excluding ortho intramolecular Hbond substituents is 1. The molecule has 5 nitrogen and oxygen atoms in total. The minimum atomic E-state index is -0.432. The number of amides is 1. The van der Waals surface area contributed by atoms with Crippen molar-refractivity contribution in [2.45, 2.75) is 0 Å². The molecular formula is C15H12Cl2N2O3. The Hall–Kier alpha value is -2.24. The smallest absolute Gasteiger partial charge is 0.272 e. The Morgan fingerprint density at radius 2 is 2.00 bits per heavy atom. The molecule has 0 radical (unpaired) electrons. The molecule has 0 unspecified atom stereocenters. The molecule has 0 saturated heterocycles. The summed E-state index contributed by atoms with van der Waals surface area (Å²) in [6.45, 7) is 0. The van der Waals surface area contributed by atoms with Crippen molar-refractivity contribution in [1.29, 1.82) is 0 Å². The van der Waals surface area contributed by atoms with Gasteiger partial charge < -0.3 is 9.84 Å². The molecule has 0 aliphatic carbocycles. The third-order valence-electron chi connectivity index (χ3n) is 2.77. The van der Waals surface area contributed by atoms with E-state index >= 15 is 0 Å². The number of methoxy groups -OCH3 is 1. The predicted octanol–water partition coefficient (Wildman–Crippen LogP) is 3.47. The maximum absolute atomic E-state index is 11.9. The van der Waals surface area contributed by atoms with Crippen LogP contribution in [0, 0.1) is 0 Å². The highest BCUT2D eigenvalue weighted by atomic mass is 35.5. The van der Waals surface area contributed by atoms with Gasteiger partial charge in [0.15, 0.2) is 11.5 Å². The Labute approximate surface area is 137 Å². The number of hydrogen-bond donors (Lipinski definition) is 2. The summed E-state index contributed by atoms with van der Waals surface area (Å²) in [6.07, 6.45) is 1.38. The van der Waals surface area contributed by atoms with Crippen LogP contribution >= 0.6 is 23.2 Å². The Morgan fingerprint density at radius 1 is 1.27 bits per heavy atom. The first-order valence-electron chi connectivity index (χ1n) is 6.17. The lowest BCUT2D eigenvalue weighted by atomic mass is 10.2. The van der Waals surface area contributed by atoms with Crippen LogP contribution in [0.2, 0.25) is 10.0 Å². The number of carbonyl (C=O) groups is 1. The van der Waals surface area contributed by atoms with Crippen LogP contribution in [-0.4, -0.2) is 24.3 Å². The number of rotatable bonds is 4. The number of aromatic hydroxyl groups is 1. The van der Waals surface area contributed by atoms with E-state index in [9.17, 15) is 9.90 Å². The number of carbonyl (C=O) groups excluding carboxylic acids is 1. The first kappa shape index (κ1) is 16.1. The zero-order valence-corrected chi connectivity index (χ0v) is 13.0. The number of benzene rings is 2. The molecule has 22 heavy (non-hydrogen) atoms. The van der Waals surface area contributed by atoms with Crippen molar-refractivity contribution in [2.75, 3.05) is 7.11 Å². The largest absolute Gasteiger partial charge is 0.503 e.